The van der Waals surface area contributed by atoms with Crippen molar-refractivity contribution in [1.29, 1.82) is 0 Å². The highest BCUT2D eigenvalue weighted by Gasteiger charge is 2.06. The third kappa shape index (κ3) is 3.45. The molecule has 2 aromatic rings. The van der Waals surface area contributed by atoms with Gasteiger partial charge in [0.05, 0.1) is 0 Å². The van der Waals surface area contributed by atoms with Gasteiger partial charge in [0.15, 0.2) is 5.84 Å². The Labute approximate surface area is 116 Å². The van der Waals surface area contributed by atoms with E-state index >= 15 is 0 Å². The minimum Gasteiger partial charge on any atom is -0.409 e. The molecule has 0 saturated carbocycles. The molecule has 0 saturated heterocycles. The second-order valence-electron chi connectivity index (χ2n) is 4.12. The lowest BCUT2D eigenvalue weighted by atomic mass is 10.3. The summed E-state index contributed by atoms with van der Waals surface area (Å²) in [5, 5.41) is 13.7. The van der Waals surface area contributed by atoms with E-state index in [0.717, 1.165) is 18.8 Å². The van der Waals surface area contributed by atoms with Gasteiger partial charge in [-0.25, -0.2) is 4.98 Å². The van der Waals surface area contributed by atoms with E-state index in [4.69, 9.17) is 10.9 Å². The van der Waals surface area contributed by atoms with Crippen LogP contribution in [-0.4, -0.2) is 29.6 Å². The number of thiophene rings is 1. The number of nitrogens with two attached hydrogens (primary N) is 1. The first-order valence-corrected chi connectivity index (χ1v) is 6.77. The molecule has 2 heterocycles. The normalized spacial score (nSPS) is 11.5. The van der Waals surface area contributed by atoms with Crippen molar-refractivity contribution in [2.75, 3.05) is 18.5 Å². The number of rotatable bonds is 5. The Hall–Kier alpha value is -2.08. The van der Waals surface area contributed by atoms with E-state index in [1.807, 2.05) is 24.1 Å². The highest BCUT2D eigenvalue weighted by Crippen LogP contribution is 2.13. The molecule has 0 aliphatic rings. The predicted octanol–water partition coefficient (Wildman–Crippen LogP) is 1.92. The van der Waals surface area contributed by atoms with Crippen molar-refractivity contribution in [3.05, 3.63) is 46.3 Å². The lowest BCUT2D eigenvalue weighted by molar-refractivity contribution is 0.318. The summed E-state index contributed by atoms with van der Waals surface area (Å²) in [6.07, 6.45) is 0.976. The highest BCUT2D eigenvalue weighted by molar-refractivity contribution is 7.09. The third-order valence-electron chi connectivity index (χ3n) is 2.77. The highest BCUT2D eigenvalue weighted by atomic mass is 32.1. The molecule has 100 valence electrons. The number of oxime groups is 1. The Morgan fingerprint density at radius 1 is 1.42 bits per heavy atom. The minimum absolute atomic E-state index is 0.0218. The van der Waals surface area contributed by atoms with Crippen molar-refractivity contribution in [2.45, 2.75) is 6.42 Å². The fraction of sp³-hybridized carbons (Fsp3) is 0.231. The molecule has 3 N–H and O–H groups in total. The average molecular weight is 276 g/mol. The summed E-state index contributed by atoms with van der Waals surface area (Å²) in [4.78, 5) is 7.75. The van der Waals surface area contributed by atoms with Gasteiger partial charge in [-0.3, -0.25) is 0 Å². The molecule has 0 spiro atoms. The van der Waals surface area contributed by atoms with E-state index in [2.05, 4.69) is 27.7 Å². The molecule has 0 fully saturated rings. The molecule has 0 atom stereocenters. The summed E-state index contributed by atoms with van der Waals surface area (Å²) in [6, 6.07) is 9.64. The molecule has 0 aliphatic heterocycles. The fourth-order valence-electron chi connectivity index (χ4n) is 1.68. The molecule has 19 heavy (non-hydrogen) atoms. The van der Waals surface area contributed by atoms with Gasteiger partial charge in [0, 0.05) is 18.5 Å². The Morgan fingerprint density at radius 3 is 2.95 bits per heavy atom. The number of likely N-dealkylation sites (N-methyl/N-ethyl adjacent to an activating group) is 1. The number of hydrogen-bond donors (Lipinski definition) is 2. The van der Waals surface area contributed by atoms with E-state index in [9.17, 15) is 0 Å². The van der Waals surface area contributed by atoms with Crippen LogP contribution in [0.15, 0.2) is 40.9 Å². The maximum Gasteiger partial charge on any atom is 0.188 e. The van der Waals surface area contributed by atoms with E-state index < -0.39 is 0 Å². The van der Waals surface area contributed by atoms with Gasteiger partial charge >= 0.3 is 0 Å². The Bertz CT molecular complexity index is 554. The second-order valence-corrected chi connectivity index (χ2v) is 5.15. The van der Waals surface area contributed by atoms with Crippen LogP contribution in [-0.2, 0) is 6.42 Å². The average Bonchev–Trinajstić information content (AvgIpc) is 2.97. The molecule has 2 rings (SSSR count). The minimum atomic E-state index is 0.0218. The number of hydrogen-bond acceptors (Lipinski definition) is 5. The zero-order chi connectivity index (χ0) is 13.7. The van der Waals surface area contributed by atoms with Crippen LogP contribution in [0.4, 0.5) is 5.82 Å². The maximum absolute atomic E-state index is 8.66. The summed E-state index contributed by atoms with van der Waals surface area (Å²) in [6.45, 7) is 0.868. The van der Waals surface area contributed by atoms with Crippen LogP contribution in [0.5, 0.6) is 0 Å². The molecule has 0 aliphatic carbocycles. The number of anilines is 1. The van der Waals surface area contributed by atoms with Gasteiger partial charge in [-0.1, -0.05) is 17.3 Å². The SMILES string of the molecule is CN(CCc1cccs1)c1cccc(C(N)=NO)n1. The molecule has 2 aromatic heterocycles. The Morgan fingerprint density at radius 2 is 2.26 bits per heavy atom. The van der Waals surface area contributed by atoms with Crippen LogP contribution in [0.25, 0.3) is 0 Å². The van der Waals surface area contributed by atoms with Crippen LogP contribution >= 0.6 is 11.3 Å². The molecule has 0 bridgehead atoms. The number of nitrogens with zero attached hydrogens (tertiary/aromatic N) is 3. The van der Waals surface area contributed by atoms with Gasteiger partial charge in [-0.05, 0) is 30.0 Å². The fourth-order valence-corrected chi connectivity index (χ4v) is 2.38. The number of pyridine rings is 1. The van der Waals surface area contributed by atoms with E-state index in [1.54, 1.807) is 17.4 Å². The first-order chi connectivity index (χ1) is 9.20. The summed E-state index contributed by atoms with van der Waals surface area (Å²) >= 11 is 1.75. The van der Waals surface area contributed by atoms with E-state index in [1.165, 1.54) is 4.88 Å². The number of amidine groups is 1. The van der Waals surface area contributed by atoms with Crippen LogP contribution < -0.4 is 10.6 Å². The molecule has 0 aromatic carbocycles. The topological polar surface area (TPSA) is 74.7 Å². The summed E-state index contributed by atoms with van der Waals surface area (Å²) in [7, 11) is 1.98. The van der Waals surface area contributed by atoms with Crippen molar-refractivity contribution in [3.63, 3.8) is 0 Å². The molecule has 0 amide bonds. The number of aromatic nitrogens is 1. The van der Waals surface area contributed by atoms with Crippen LogP contribution in [0, 0.1) is 0 Å². The summed E-state index contributed by atoms with van der Waals surface area (Å²) in [5.41, 5.74) is 6.01. The zero-order valence-electron chi connectivity index (χ0n) is 10.7. The molecule has 5 nitrogen and oxygen atoms in total. The smallest absolute Gasteiger partial charge is 0.188 e. The third-order valence-corrected chi connectivity index (χ3v) is 3.71. The van der Waals surface area contributed by atoms with Gasteiger partial charge in [0.2, 0.25) is 0 Å². The lowest BCUT2D eigenvalue weighted by Crippen LogP contribution is -2.23. The monoisotopic (exact) mass is 276 g/mol. The second kappa shape index (κ2) is 6.19. The van der Waals surface area contributed by atoms with E-state index in [0.29, 0.717) is 5.69 Å². The Kier molecular flexibility index (Phi) is 4.35. The first kappa shape index (κ1) is 13.4. The zero-order valence-corrected chi connectivity index (χ0v) is 11.5. The van der Waals surface area contributed by atoms with Gasteiger partial charge in [0.1, 0.15) is 11.5 Å². The largest absolute Gasteiger partial charge is 0.409 e. The molecule has 6 heteroatoms. The molecule has 0 radical (unpaired) electrons. The molecule has 0 unspecified atom stereocenters. The van der Waals surface area contributed by atoms with Crippen LogP contribution in [0.1, 0.15) is 10.6 Å². The quantitative estimate of drug-likeness (QED) is 0.379. The first-order valence-electron chi connectivity index (χ1n) is 5.89. The van der Waals surface area contributed by atoms with Crippen LogP contribution in [0.3, 0.4) is 0 Å². The molecular formula is C13H16N4OS. The van der Waals surface area contributed by atoms with Gasteiger partial charge in [-0.2, -0.15) is 0 Å². The van der Waals surface area contributed by atoms with Crippen molar-refractivity contribution in [3.8, 4) is 0 Å². The predicted molar refractivity (Wildman–Crippen MR) is 78.0 cm³/mol. The van der Waals surface area contributed by atoms with Gasteiger partial charge in [-0.15, -0.1) is 11.3 Å². The van der Waals surface area contributed by atoms with E-state index in [-0.39, 0.29) is 5.84 Å². The van der Waals surface area contributed by atoms with Gasteiger partial charge < -0.3 is 15.8 Å². The lowest BCUT2D eigenvalue weighted by Gasteiger charge is -2.18. The summed E-state index contributed by atoms with van der Waals surface area (Å²) in [5.74, 6) is 0.828. The summed E-state index contributed by atoms with van der Waals surface area (Å²) < 4.78 is 0. The van der Waals surface area contributed by atoms with Crippen molar-refractivity contribution >= 4 is 23.0 Å². The maximum atomic E-state index is 8.66. The van der Waals surface area contributed by atoms with Crippen LogP contribution in [0.2, 0.25) is 0 Å². The molecular weight excluding hydrogens is 260 g/mol. The van der Waals surface area contributed by atoms with Crippen molar-refractivity contribution < 1.29 is 5.21 Å². The Balaban J connectivity index is 2.04. The van der Waals surface area contributed by atoms with Crippen molar-refractivity contribution in [1.82, 2.24) is 4.98 Å². The standard InChI is InChI=1S/C13H16N4OS/c1-17(8-7-10-4-3-9-19-10)12-6-2-5-11(15-12)13(14)16-18/h2-6,9,18H,7-8H2,1H3,(H2,14,16). The van der Waals surface area contributed by atoms with Crippen molar-refractivity contribution in [2.24, 2.45) is 10.9 Å². The van der Waals surface area contributed by atoms with Gasteiger partial charge in [0.25, 0.3) is 0 Å².